The molecule has 17 heavy (non-hydrogen) atoms. The number of rotatable bonds is 3. The van der Waals surface area contributed by atoms with Crippen LogP contribution in [0.15, 0.2) is 27.4 Å². The Balaban J connectivity index is 2.58. The van der Waals surface area contributed by atoms with Gasteiger partial charge in [-0.1, -0.05) is 19.9 Å². The van der Waals surface area contributed by atoms with Crippen LogP contribution >= 0.6 is 0 Å². The normalized spacial score (nSPS) is 11.9. The van der Waals surface area contributed by atoms with Crippen LogP contribution in [0.4, 0.5) is 0 Å². The third-order valence-corrected chi connectivity index (χ3v) is 2.84. The molecule has 0 aliphatic rings. The molecule has 1 heterocycles. The Labute approximate surface area is 101 Å². The van der Waals surface area contributed by atoms with Crippen LogP contribution in [-0.4, -0.2) is 4.57 Å². The van der Waals surface area contributed by atoms with Crippen molar-refractivity contribution < 1.29 is 4.42 Å². The van der Waals surface area contributed by atoms with Gasteiger partial charge in [-0.3, -0.25) is 4.57 Å². The molecule has 0 unspecified atom stereocenters. The predicted octanol–water partition coefficient (Wildman–Crippen LogP) is 3.37. The van der Waals surface area contributed by atoms with E-state index in [0.717, 1.165) is 11.9 Å². The number of aromatic nitrogens is 1. The molecule has 3 nitrogen and oxygen atoms in total. The summed E-state index contributed by atoms with van der Waals surface area (Å²) >= 11 is 0. The van der Waals surface area contributed by atoms with E-state index in [2.05, 4.69) is 19.9 Å². The molecule has 1 aromatic heterocycles. The van der Waals surface area contributed by atoms with E-state index in [-0.39, 0.29) is 11.8 Å². The molecule has 0 atom stereocenters. The summed E-state index contributed by atoms with van der Waals surface area (Å²) in [6.45, 7) is 8.36. The molecule has 0 amide bonds. The zero-order valence-electron chi connectivity index (χ0n) is 10.9. The van der Waals surface area contributed by atoms with Gasteiger partial charge in [0, 0.05) is 6.04 Å². The molecule has 0 bridgehead atoms. The quantitative estimate of drug-likeness (QED) is 0.814. The molecule has 1 aromatic carbocycles. The lowest BCUT2D eigenvalue weighted by molar-refractivity contribution is 0.478. The standard InChI is InChI=1S/C14H19NO2/c1-9(2)7-11-5-6-13-12(8-11)15(10(3)4)14(16)17-13/h5-6,8-10H,7H2,1-4H3. The molecule has 2 aromatic rings. The van der Waals surface area contributed by atoms with E-state index in [1.54, 1.807) is 4.57 Å². The molecule has 0 fully saturated rings. The Hall–Kier alpha value is -1.51. The lowest BCUT2D eigenvalue weighted by Crippen LogP contribution is -2.16. The Bertz CT molecular complexity index is 575. The number of hydrogen-bond acceptors (Lipinski definition) is 2. The van der Waals surface area contributed by atoms with Crippen LogP contribution < -0.4 is 5.76 Å². The molecule has 3 heteroatoms. The van der Waals surface area contributed by atoms with Gasteiger partial charge in [0.1, 0.15) is 0 Å². The minimum absolute atomic E-state index is 0.123. The fourth-order valence-electron chi connectivity index (χ4n) is 2.17. The fourth-order valence-corrected chi connectivity index (χ4v) is 2.17. The number of hydrogen-bond donors (Lipinski definition) is 0. The van der Waals surface area contributed by atoms with Crippen LogP contribution in [0.2, 0.25) is 0 Å². The first-order valence-electron chi connectivity index (χ1n) is 6.13. The topological polar surface area (TPSA) is 35.1 Å². The van der Waals surface area contributed by atoms with E-state index in [4.69, 9.17) is 4.42 Å². The van der Waals surface area contributed by atoms with Crippen molar-refractivity contribution in [1.29, 1.82) is 0 Å². The summed E-state index contributed by atoms with van der Waals surface area (Å²) in [4.78, 5) is 11.7. The van der Waals surface area contributed by atoms with Crippen LogP contribution in [0.25, 0.3) is 11.1 Å². The minimum atomic E-state index is -0.267. The average Bonchev–Trinajstić information content (AvgIpc) is 2.52. The minimum Gasteiger partial charge on any atom is -0.408 e. The van der Waals surface area contributed by atoms with Crippen molar-refractivity contribution in [1.82, 2.24) is 4.57 Å². The monoisotopic (exact) mass is 233 g/mol. The number of fused-ring (bicyclic) bond motifs is 1. The second-order valence-electron chi connectivity index (χ2n) is 5.23. The molecule has 2 rings (SSSR count). The van der Waals surface area contributed by atoms with Crippen molar-refractivity contribution in [3.63, 3.8) is 0 Å². The van der Waals surface area contributed by atoms with E-state index in [9.17, 15) is 4.79 Å². The Morgan fingerprint density at radius 2 is 1.94 bits per heavy atom. The third-order valence-electron chi connectivity index (χ3n) is 2.84. The zero-order chi connectivity index (χ0) is 12.6. The van der Waals surface area contributed by atoms with Crippen molar-refractivity contribution in [2.75, 3.05) is 0 Å². The van der Waals surface area contributed by atoms with E-state index >= 15 is 0 Å². The summed E-state index contributed by atoms with van der Waals surface area (Å²) in [6, 6.07) is 6.13. The molecule has 0 saturated heterocycles. The van der Waals surface area contributed by atoms with Gasteiger partial charge in [0.15, 0.2) is 5.58 Å². The Morgan fingerprint density at radius 3 is 2.53 bits per heavy atom. The lowest BCUT2D eigenvalue weighted by atomic mass is 10.0. The summed E-state index contributed by atoms with van der Waals surface area (Å²) in [5, 5.41) is 0. The molecular weight excluding hydrogens is 214 g/mol. The van der Waals surface area contributed by atoms with E-state index in [1.165, 1.54) is 5.56 Å². The first-order valence-corrected chi connectivity index (χ1v) is 6.13. The van der Waals surface area contributed by atoms with Gasteiger partial charge in [-0.2, -0.15) is 0 Å². The summed E-state index contributed by atoms with van der Waals surface area (Å²) in [5.74, 6) is 0.343. The van der Waals surface area contributed by atoms with Crippen LogP contribution in [0.5, 0.6) is 0 Å². The maximum Gasteiger partial charge on any atom is 0.420 e. The summed E-state index contributed by atoms with van der Waals surface area (Å²) in [6.07, 6.45) is 1.02. The molecular formula is C14H19NO2. The highest BCUT2D eigenvalue weighted by Gasteiger charge is 2.12. The van der Waals surface area contributed by atoms with Crippen LogP contribution in [0, 0.1) is 5.92 Å². The molecule has 0 aliphatic carbocycles. The maximum absolute atomic E-state index is 11.7. The molecule has 0 spiro atoms. The maximum atomic E-state index is 11.7. The molecule has 0 aliphatic heterocycles. The highest BCUT2D eigenvalue weighted by Crippen LogP contribution is 2.20. The summed E-state index contributed by atoms with van der Waals surface area (Å²) < 4.78 is 6.94. The molecule has 0 saturated carbocycles. The van der Waals surface area contributed by atoms with Crippen LogP contribution in [0.3, 0.4) is 0 Å². The van der Waals surface area contributed by atoms with Gasteiger partial charge in [-0.05, 0) is 43.9 Å². The number of benzene rings is 1. The summed E-state index contributed by atoms with van der Waals surface area (Å²) in [7, 11) is 0. The highest BCUT2D eigenvalue weighted by molar-refractivity contribution is 5.74. The second kappa shape index (κ2) is 4.40. The van der Waals surface area contributed by atoms with Gasteiger partial charge < -0.3 is 4.42 Å². The van der Waals surface area contributed by atoms with Crippen molar-refractivity contribution in [3.8, 4) is 0 Å². The average molecular weight is 233 g/mol. The predicted molar refractivity (Wildman–Crippen MR) is 69.4 cm³/mol. The molecule has 92 valence electrons. The summed E-state index contributed by atoms with van der Waals surface area (Å²) in [5.41, 5.74) is 2.84. The van der Waals surface area contributed by atoms with Gasteiger partial charge in [-0.15, -0.1) is 0 Å². The van der Waals surface area contributed by atoms with Gasteiger partial charge in [0.05, 0.1) is 5.52 Å². The van der Waals surface area contributed by atoms with E-state index < -0.39 is 0 Å². The Morgan fingerprint density at radius 1 is 1.24 bits per heavy atom. The highest BCUT2D eigenvalue weighted by atomic mass is 16.4. The molecule has 0 N–H and O–H groups in total. The van der Waals surface area contributed by atoms with Crippen molar-refractivity contribution in [2.45, 2.75) is 40.2 Å². The van der Waals surface area contributed by atoms with Crippen LogP contribution in [-0.2, 0) is 6.42 Å². The van der Waals surface area contributed by atoms with E-state index in [1.807, 2.05) is 26.0 Å². The van der Waals surface area contributed by atoms with Gasteiger partial charge in [0.25, 0.3) is 0 Å². The first-order chi connectivity index (χ1) is 7.99. The third kappa shape index (κ3) is 2.28. The van der Waals surface area contributed by atoms with Gasteiger partial charge >= 0.3 is 5.76 Å². The zero-order valence-corrected chi connectivity index (χ0v) is 10.9. The molecule has 0 radical (unpaired) electrons. The number of oxazole rings is 1. The van der Waals surface area contributed by atoms with Crippen molar-refractivity contribution in [2.24, 2.45) is 5.92 Å². The fraction of sp³-hybridized carbons (Fsp3) is 0.500. The van der Waals surface area contributed by atoms with Crippen molar-refractivity contribution in [3.05, 3.63) is 34.3 Å². The lowest BCUT2D eigenvalue weighted by Gasteiger charge is -2.08. The van der Waals surface area contributed by atoms with E-state index in [0.29, 0.717) is 11.5 Å². The smallest absolute Gasteiger partial charge is 0.408 e. The largest absolute Gasteiger partial charge is 0.420 e. The van der Waals surface area contributed by atoms with Gasteiger partial charge in [-0.25, -0.2) is 4.79 Å². The SMILES string of the molecule is CC(C)Cc1ccc2oc(=O)n(C(C)C)c2c1. The van der Waals surface area contributed by atoms with Crippen molar-refractivity contribution >= 4 is 11.1 Å². The Kier molecular flexibility index (Phi) is 3.09. The first kappa shape index (κ1) is 12.0. The van der Waals surface area contributed by atoms with Gasteiger partial charge in [0.2, 0.25) is 0 Å². The number of nitrogens with zero attached hydrogens (tertiary/aromatic N) is 1. The second-order valence-corrected chi connectivity index (χ2v) is 5.23. The van der Waals surface area contributed by atoms with Crippen LogP contribution in [0.1, 0.15) is 39.3 Å².